The number of amides is 1. The zero-order valence-corrected chi connectivity index (χ0v) is 14.7. The second kappa shape index (κ2) is 6.08. The molecule has 0 aliphatic carbocycles. The van der Waals surface area contributed by atoms with Gasteiger partial charge in [-0.3, -0.25) is 14.6 Å². The van der Waals surface area contributed by atoms with Crippen LogP contribution in [-0.2, 0) is 11.3 Å². The number of pyridine rings is 1. The number of aromatic nitrogens is 5. The summed E-state index contributed by atoms with van der Waals surface area (Å²) >= 11 is 0. The van der Waals surface area contributed by atoms with Crippen molar-refractivity contribution < 1.29 is 4.79 Å². The van der Waals surface area contributed by atoms with Crippen LogP contribution in [0.1, 0.15) is 12.8 Å². The Balaban J connectivity index is 1.52. The number of aromatic amines is 1. The Bertz CT molecular complexity index is 1150. The number of nitrogen functional groups attached to an aromatic ring is 1. The molecule has 1 amide bonds. The average molecular weight is 361 g/mol. The van der Waals surface area contributed by atoms with E-state index in [9.17, 15) is 4.79 Å². The minimum atomic E-state index is 0.227. The molecule has 0 saturated carbocycles. The van der Waals surface area contributed by atoms with E-state index in [1.54, 1.807) is 6.20 Å². The topological polar surface area (TPSA) is 106 Å². The van der Waals surface area contributed by atoms with E-state index in [1.807, 2.05) is 40.0 Å². The molecule has 0 bridgehead atoms. The molecule has 0 radical (unpaired) electrons. The standard InChI is InChI=1S/C19H19N7O/c20-19-14-11-26(9-8-25-7-1-2-17(25)27)24-18(14)13-4-3-12(10-16(13)22-19)15-5-6-21-23-15/h3-6,10-11H,1-2,7-9H2,(H2,20,22)(H,21,23). The van der Waals surface area contributed by atoms with Gasteiger partial charge in [0.05, 0.1) is 23.1 Å². The van der Waals surface area contributed by atoms with Crippen LogP contribution in [-0.4, -0.2) is 48.9 Å². The Morgan fingerprint density at radius 3 is 2.89 bits per heavy atom. The molecular weight excluding hydrogens is 342 g/mol. The van der Waals surface area contributed by atoms with Gasteiger partial charge in [-0.05, 0) is 24.6 Å². The first-order valence-electron chi connectivity index (χ1n) is 9.03. The third-order valence-corrected chi connectivity index (χ3v) is 5.11. The zero-order valence-electron chi connectivity index (χ0n) is 14.7. The number of carbonyl (C=O) groups excluding carboxylic acids is 1. The van der Waals surface area contributed by atoms with Crippen LogP contribution in [0.4, 0.5) is 5.82 Å². The molecule has 8 nitrogen and oxygen atoms in total. The summed E-state index contributed by atoms with van der Waals surface area (Å²) in [5.41, 5.74) is 9.76. The van der Waals surface area contributed by atoms with Crippen LogP contribution in [0.15, 0.2) is 36.7 Å². The molecule has 4 heterocycles. The fourth-order valence-corrected chi connectivity index (χ4v) is 3.68. The summed E-state index contributed by atoms with van der Waals surface area (Å²) in [6.07, 6.45) is 5.24. The summed E-state index contributed by atoms with van der Waals surface area (Å²) in [5.74, 6) is 0.687. The molecule has 1 aliphatic rings. The Kier molecular flexibility index (Phi) is 3.56. The monoisotopic (exact) mass is 361 g/mol. The zero-order chi connectivity index (χ0) is 18.4. The van der Waals surface area contributed by atoms with Crippen molar-refractivity contribution in [3.8, 4) is 11.3 Å². The average Bonchev–Trinajstić information content (AvgIpc) is 3.41. The van der Waals surface area contributed by atoms with Crippen LogP contribution in [0, 0.1) is 0 Å². The molecule has 5 rings (SSSR count). The van der Waals surface area contributed by atoms with Crippen molar-refractivity contribution in [2.75, 3.05) is 18.8 Å². The molecule has 8 heteroatoms. The van der Waals surface area contributed by atoms with Gasteiger partial charge in [-0.1, -0.05) is 6.07 Å². The maximum atomic E-state index is 11.8. The predicted octanol–water partition coefficient (Wildman–Crippen LogP) is 2.18. The molecule has 27 heavy (non-hydrogen) atoms. The number of nitrogens with two attached hydrogens (primary N) is 1. The van der Waals surface area contributed by atoms with Crippen LogP contribution in [0.5, 0.6) is 0 Å². The van der Waals surface area contributed by atoms with Crippen molar-refractivity contribution in [2.45, 2.75) is 19.4 Å². The van der Waals surface area contributed by atoms with E-state index < -0.39 is 0 Å². The van der Waals surface area contributed by atoms with Crippen LogP contribution in [0.25, 0.3) is 33.1 Å². The van der Waals surface area contributed by atoms with E-state index in [2.05, 4.69) is 15.2 Å². The lowest BCUT2D eigenvalue weighted by Gasteiger charge is -2.14. The van der Waals surface area contributed by atoms with E-state index in [0.717, 1.165) is 46.0 Å². The van der Waals surface area contributed by atoms with Crippen molar-refractivity contribution in [1.29, 1.82) is 0 Å². The smallest absolute Gasteiger partial charge is 0.222 e. The van der Waals surface area contributed by atoms with Gasteiger partial charge in [0.2, 0.25) is 5.91 Å². The van der Waals surface area contributed by atoms with Gasteiger partial charge in [0.1, 0.15) is 11.3 Å². The van der Waals surface area contributed by atoms with Crippen LogP contribution < -0.4 is 5.73 Å². The number of nitrogens with one attached hydrogen (secondary N) is 1. The minimum Gasteiger partial charge on any atom is -0.383 e. The maximum absolute atomic E-state index is 11.8. The van der Waals surface area contributed by atoms with Gasteiger partial charge in [-0.25, -0.2) is 4.98 Å². The molecular formula is C19H19N7O. The predicted molar refractivity (Wildman–Crippen MR) is 103 cm³/mol. The van der Waals surface area contributed by atoms with E-state index >= 15 is 0 Å². The fraction of sp³-hybridized carbons (Fsp3) is 0.263. The van der Waals surface area contributed by atoms with Crippen LogP contribution >= 0.6 is 0 Å². The second-order valence-electron chi connectivity index (χ2n) is 6.84. The van der Waals surface area contributed by atoms with E-state index in [-0.39, 0.29) is 5.91 Å². The summed E-state index contributed by atoms with van der Waals surface area (Å²) < 4.78 is 1.86. The third-order valence-electron chi connectivity index (χ3n) is 5.11. The highest BCUT2D eigenvalue weighted by Crippen LogP contribution is 2.29. The van der Waals surface area contributed by atoms with Crippen molar-refractivity contribution in [3.05, 3.63) is 36.7 Å². The molecule has 1 aromatic carbocycles. The van der Waals surface area contributed by atoms with Crippen molar-refractivity contribution in [2.24, 2.45) is 0 Å². The molecule has 0 spiro atoms. The molecule has 1 saturated heterocycles. The Morgan fingerprint density at radius 1 is 1.19 bits per heavy atom. The maximum Gasteiger partial charge on any atom is 0.222 e. The first kappa shape index (κ1) is 15.8. The van der Waals surface area contributed by atoms with Gasteiger partial charge in [0, 0.05) is 42.9 Å². The number of nitrogens with zero attached hydrogens (tertiary/aromatic N) is 5. The van der Waals surface area contributed by atoms with E-state index in [1.165, 1.54) is 0 Å². The van der Waals surface area contributed by atoms with Gasteiger partial charge >= 0.3 is 0 Å². The SMILES string of the molecule is Nc1nc2cc(-c3ccn[nH]3)ccc2c2nn(CCN3CCCC3=O)cc12. The number of carbonyl (C=O) groups is 1. The lowest BCUT2D eigenvalue weighted by molar-refractivity contribution is -0.127. The fourth-order valence-electron chi connectivity index (χ4n) is 3.68. The number of likely N-dealkylation sites (tertiary alicyclic amines) is 1. The van der Waals surface area contributed by atoms with Crippen molar-refractivity contribution in [1.82, 2.24) is 29.9 Å². The summed E-state index contributed by atoms with van der Waals surface area (Å²) in [5, 5.41) is 13.5. The molecule has 3 aromatic heterocycles. The highest BCUT2D eigenvalue weighted by Gasteiger charge is 2.20. The number of anilines is 1. The summed E-state index contributed by atoms with van der Waals surface area (Å²) in [6.45, 7) is 2.15. The number of benzene rings is 1. The molecule has 0 atom stereocenters. The van der Waals surface area contributed by atoms with Crippen LogP contribution in [0.2, 0.25) is 0 Å². The number of fused-ring (bicyclic) bond motifs is 3. The van der Waals surface area contributed by atoms with Gasteiger partial charge in [-0.15, -0.1) is 0 Å². The summed E-state index contributed by atoms with van der Waals surface area (Å²) in [7, 11) is 0. The lowest BCUT2D eigenvalue weighted by atomic mass is 10.1. The molecule has 1 fully saturated rings. The highest BCUT2D eigenvalue weighted by molar-refractivity contribution is 6.08. The number of H-pyrrole nitrogens is 1. The Labute approximate surface area is 155 Å². The van der Waals surface area contributed by atoms with E-state index in [4.69, 9.17) is 10.8 Å². The lowest BCUT2D eigenvalue weighted by Crippen LogP contribution is -2.28. The molecule has 1 aliphatic heterocycles. The molecule has 136 valence electrons. The van der Waals surface area contributed by atoms with Gasteiger partial charge in [0.25, 0.3) is 0 Å². The summed E-state index contributed by atoms with van der Waals surface area (Å²) in [6, 6.07) is 7.94. The van der Waals surface area contributed by atoms with Crippen molar-refractivity contribution >= 4 is 33.5 Å². The Hall–Kier alpha value is -3.42. The van der Waals surface area contributed by atoms with E-state index in [0.29, 0.717) is 25.3 Å². The Morgan fingerprint density at radius 2 is 2.11 bits per heavy atom. The van der Waals surface area contributed by atoms with Crippen LogP contribution in [0.3, 0.4) is 0 Å². The molecule has 4 aromatic rings. The molecule has 3 N–H and O–H groups in total. The van der Waals surface area contributed by atoms with Gasteiger partial charge < -0.3 is 10.6 Å². The quantitative estimate of drug-likeness (QED) is 0.579. The van der Waals surface area contributed by atoms with Gasteiger partial charge in [0.15, 0.2) is 0 Å². The minimum absolute atomic E-state index is 0.227. The van der Waals surface area contributed by atoms with Gasteiger partial charge in [-0.2, -0.15) is 10.2 Å². The van der Waals surface area contributed by atoms with Crippen molar-refractivity contribution in [3.63, 3.8) is 0 Å². The number of hydrogen-bond donors (Lipinski definition) is 2. The number of hydrogen-bond acceptors (Lipinski definition) is 5. The summed E-state index contributed by atoms with van der Waals surface area (Å²) in [4.78, 5) is 18.2. The molecule has 0 unspecified atom stereocenters. The number of rotatable bonds is 4. The first-order valence-corrected chi connectivity index (χ1v) is 9.03. The third kappa shape index (κ3) is 2.69. The second-order valence-corrected chi connectivity index (χ2v) is 6.84. The highest BCUT2D eigenvalue weighted by atomic mass is 16.2. The normalized spacial score (nSPS) is 14.7. The first-order chi connectivity index (χ1) is 13.2. The largest absolute Gasteiger partial charge is 0.383 e.